The van der Waals surface area contributed by atoms with Gasteiger partial charge < -0.3 is 5.32 Å². The molecule has 5 heteroatoms. The van der Waals surface area contributed by atoms with E-state index in [2.05, 4.69) is 30.8 Å². The third-order valence-electron chi connectivity index (χ3n) is 3.06. The van der Waals surface area contributed by atoms with Gasteiger partial charge in [0.15, 0.2) is 0 Å². The van der Waals surface area contributed by atoms with Crippen molar-refractivity contribution < 1.29 is 8.42 Å². The van der Waals surface area contributed by atoms with Crippen molar-refractivity contribution in [3.05, 3.63) is 24.3 Å². The zero-order chi connectivity index (χ0) is 15.2. The van der Waals surface area contributed by atoms with Gasteiger partial charge in [-0.1, -0.05) is 20.3 Å². The third kappa shape index (κ3) is 5.13. The lowest BCUT2D eigenvalue weighted by atomic mass is 9.98. The lowest BCUT2D eigenvalue weighted by Crippen LogP contribution is -2.30. The summed E-state index contributed by atoms with van der Waals surface area (Å²) in [6, 6.07) is 6.92. The maximum atomic E-state index is 12.0. The summed E-state index contributed by atoms with van der Waals surface area (Å²) in [5.74, 6) is 0. The van der Waals surface area contributed by atoms with E-state index < -0.39 is 10.0 Å². The van der Waals surface area contributed by atoms with Crippen LogP contribution in [0.25, 0.3) is 0 Å². The van der Waals surface area contributed by atoms with Crippen LogP contribution in [0.1, 0.15) is 47.0 Å². The number of sulfonamides is 1. The topological polar surface area (TPSA) is 58.2 Å². The van der Waals surface area contributed by atoms with Gasteiger partial charge >= 0.3 is 0 Å². The van der Waals surface area contributed by atoms with Gasteiger partial charge in [0, 0.05) is 17.8 Å². The van der Waals surface area contributed by atoms with E-state index in [9.17, 15) is 8.42 Å². The highest BCUT2D eigenvalue weighted by atomic mass is 32.2. The minimum absolute atomic E-state index is 0.00953. The first-order valence-corrected chi connectivity index (χ1v) is 8.67. The Morgan fingerprint density at radius 1 is 1.05 bits per heavy atom. The predicted molar refractivity (Wildman–Crippen MR) is 84.5 cm³/mol. The molecule has 0 radical (unpaired) electrons. The molecule has 0 saturated heterocycles. The summed E-state index contributed by atoms with van der Waals surface area (Å²) < 4.78 is 26.5. The number of anilines is 1. The van der Waals surface area contributed by atoms with E-state index in [1.54, 1.807) is 12.1 Å². The molecule has 0 aliphatic heterocycles. The van der Waals surface area contributed by atoms with Crippen LogP contribution in [0.2, 0.25) is 0 Å². The van der Waals surface area contributed by atoms with Crippen LogP contribution >= 0.6 is 0 Å². The normalized spacial score (nSPS) is 12.4. The Kier molecular flexibility index (Phi) is 6.02. The van der Waals surface area contributed by atoms with E-state index in [0.717, 1.165) is 24.9 Å². The molecule has 0 heterocycles. The van der Waals surface area contributed by atoms with E-state index in [1.807, 2.05) is 19.1 Å². The molecule has 0 amide bonds. The van der Waals surface area contributed by atoms with Gasteiger partial charge in [0.05, 0.1) is 4.90 Å². The van der Waals surface area contributed by atoms with Crippen molar-refractivity contribution in [3.8, 4) is 0 Å². The lowest BCUT2D eigenvalue weighted by Gasteiger charge is -2.27. The molecule has 0 aromatic heterocycles. The van der Waals surface area contributed by atoms with Crippen LogP contribution in [-0.4, -0.2) is 20.5 Å². The Morgan fingerprint density at radius 2 is 1.65 bits per heavy atom. The second kappa shape index (κ2) is 7.09. The third-order valence-corrected chi connectivity index (χ3v) is 4.54. The summed E-state index contributed by atoms with van der Waals surface area (Å²) in [6.07, 6.45) is 2.95. The van der Waals surface area contributed by atoms with E-state index in [-0.39, 0.29) is 5.54 Å². The van der Waals surface area contributed by atoms with Crippen molar-refractivity contribution in [3.63, 3.8) is 0 Å². The van der Waals surface area contributed by atoms with E-state index in [0.29, 0.717) is 11.4 Å². The van der Waals surface area contributed by atoms with E-state index in [4.69, 9.17) is 0 Å². The Labute approximate surface area is 123 Å². The van der Waals surface area contributed by atoms with Gasteiger partial charge in [0.25, 0.3) is 0 Å². The minimum Gasteiger partial charge on any atom is -0.380 e. The average Bonchev–Trinajstić information content (AvgIpc) is 2.36. The molecule has 1 rings (SSSR count). The van der Waals surface area contributed by atoms with Gasteiger partial charge in [-0.3, -0.25) is 0 Å². The molecule has 0 spiro atoms. The molecule has 4 nitrogen and oxygen atoms in total. The maximum Gasteiger partial charge on any atom is 0.240 e. The second-order valence-corrected chi connectivity index (χ2v) is 7.45. The monoisotopic (exact) mass is 298 g/mol. The van der Waals surface area contributed by atoms with Crippen LogP contribution < -0.4 is 10.0 Å². The molecule has 0 saturated carbocycles. The maximum absolute atomic E-state index is 12.0. The molecular weight excluding hydrogens is 272 g/mol. The molecule has 114 valence electrons. The van der Waals surface area contributed by atoms with E-state index >= 15 is 0 Å². The summed E-state index contributed by atoms with van der Waals surface area (Å²) in [4.78, 5) is 0.310. The first kappa shape index (κ1) is 17.0. The van der Waals surface area contributed by atoms with E-state index in [1.165, 1.54) is 0 Å². The first-order chi connectivity index (χ1) is 9.30. The standard InChI is InChI=1S/C15H26N2O2S/c1-5-11-15(3,4)17-13-7-9-14(10-8-13)20(18,19)16-12-6-2/h7-10,16-17H,5-6,11-12H2,1-4H3. The largest absolute Gasteiger partial charge is 0.380 e. The van der Waals surface area contributed by atoms with Crippen LogP contribution in [-0.2, 0) is 10.0 Å². The number of benzene rings is 1. The zero-order valence-corrected chi connectivity index (χ0v) is 13.7. The second-order valence-electron chi connectivity index (χ2n) is 5.68. The van der Waals surface area contributed by atoms with Crippen molar-refractivity contribution in [2.45, 2.75) is 57.4 Å². The predicted octanol–water partition coefficient (Wildman–Crippen LogP) is 3.37. The van der Waals surface area contributed by atoms with Crippen LogP contribution in [0.3, 0.4) is 0 Å². The average molecular weight is 298 g/mol. The van der Waals surface area contributed by atoms with Gasteiger partial charge in [0.1, 0.15) is 0 Å². The van der Waals surface area contributed by atoms with Crippen molar-refractivity contribution in [1.29, 1.82) is 0 Å². The molecule has 0 aliphatic rings. The SMILES string of the molecule is CCCNS(=O)(=O)c1ccc(NC(C)(C)CCC)cc1. The van der Waals surface area contributed by atoms with Gasteiger partial charge in [-0.2, -0.15) is 0 Å². The molecule has 0 unspecified atom stereocenters. The zero-order valence-electron chi connectivity index (χ0n) is 12.9. The fraction of sp³-hybridized carbons (Fsp3) is 0.600. The highest BCUT2D eigenvalue weighted by Gasteiger charge is 2.17. The summed E-state index contributed by atoms with van der Waals surface area (Å²) >= 11 is 0. The van der Waals surface area contributed by atoms with Crippen molar-refractivity contribution in [2.75, 3.05) is 11.9 Å². The highest BCUT2D eigenvalue weighted by Crippen LogP contribution is 2.21. The molecule has 1 aromatic rings. The van der Waals surface area contributed by atoms with Gasteiger partial charge in [0.2, 0.25) is 10.0 Å². The summed E-state index contributed by atoms with van der Waals surface area (Å²) in [7, 11) is -3.37. The Morgan fingerprint density at radius 3 is 2.15 bits per heavy atom. The molecule has 1 aromatic carbocycles. The van der Waals surface area contributed by atoms with Crippen molar-refractivity contribution in [1.82, 2.24) is 4.72 Å². The molecular formula is C15H26N2O2S. The van der Waals surface area contributed by atoms with Crippen LogP contribution in [0.15, 0.2) is 29.2 Å². The number of nitrogens with one attached hydrogen (secondary N) is 2. The summed E-state index contributed by atoms with van der Waals surface area (Å²) in [5, 5.41) is 3.43. The molecule has 20 heavy (non-hydrogen) atoms. The lowest BCUT2D eigenvalue weighted by molar-refractivity contribution is 0.511. The van der Waals surface area contributed by atoms with Crippen LogP contribution in [0, 0.1) is 0 Å². The van der Waals surface area contributed by atoms with Crippen LogP contribution in [0.4, 0.5) is 5.69 Å². The molecule has 0 fully saturated rings. The van der Waals surface area contributed by atoms with Crippen molar-refractivity contribution in [2.24, 2.45) is 0 Å². The van der Waals surface area contributed by atoms with Gasteiger partial charge in [-0.25, -0.2) is 13.1 Å². The number of rotatable bonds is 8. The highest BCUT2D eigenvalue weighted by molar-refractivity contribution is 7.89. The summed E-state index contributed by atoms with van der Waals surface area (Å²) in [5.41, 5.74) is 0.952. The van der Waals surface area contributed by atoms with Crippen molar-refractivity contribution >= 4 is 15.7 Å². The Balaban J connectivity index is 2.79. The Hall–Kier alpha value is -1.07. The molecule has 0 bridgehead atoms. The molecule has 0 atom stereocenters. The first-order valence-electron chi connectivity index (χ1n) is 7.18. The minimum atomic E-state index is -3.37. The Bertz CT molecular complexity index is 507. The fourth-order valence-corrected chi connectivity index (χ4v) is 3.25. The van der Waals surface area contributed by atoms with Gasteiger partial charge in [-0.15, -0.1) is 0 Å². The summed E-state index contributed by atoms with van der Waals surface area (Å²) in [6.45, 7) is 8.84. The van der Waals surface area contributed by atoms with Gasteiger partial charge in [-0.05, 0) is 51.0 Å². The number of hydrogen-bond donors (Lipinski definition) is 2. The van der Waals surface area contributed by atoms with Crippen LogP contribution in [0.5, 0.6) is 0 Å². The molecule has 0 aliphatic carbocycles. The number of hydrogen-bond acceptors (Lipinski definition) is 3. The fourth-order valence-electron chi connectivity index (χ4n) is 2.12. The molecule has 2 N–H and O–H groups in total. The quantitative estimate of drug-likeness (QED) is 0.773. The smallest absolute Gasteiger partial charge is 0.240 e.